The third-order valence-corrected chi connectivity index (χ3v) is 4.70. The minimum atomic E-state index is -0.710. The third kappa shape index (κ3) is 2.92. The zero-order valence-electron chi connectivity index (χ0n) is 11.9. The van der Waals surface area contributed by atoms with Crippen molar-refractivity contribution >= 4 is 0 Å². The van der Waals surface area contributed by atoms with E-state index in [1.807, 2.05) is 6.07 Å². The molecule has 1 aliphatic carbocycles. The van der Waals surface area contributed by atoms with E-state index in [9.17, 15) is 9.50 Å². The third-order valence-electron chi connectivity index (χ3n) is 4.70. The standard InChI is InChI=1S/C16H23FO2/c1-11-5-4-8-16(18,12(11)2)10-13-6-7-15(19-3)14(17)9-13/h6-7,9,11-12,18H,4-5,8,10H2,1-3H3. The van der Waals surface area contributed by atoms with Gasteiger partial charge in [0.25, 0.3) is 0 Å². The lowest BCUT2D eigenvalue weighted by Crippen LogP contribution is -2.44. The lowest BCUT2D eigenvalue weighted by atomic mass is 9.68. The lowest BCUT2D eigenvalue weighted by Gasteiger charge is -2.42. The Morgan fingerprint density at radius 1 is 1.42 bits per heavy atom. The topological polar surface area (TPSA) is 29.5 Å². The van der Waals surface area contributed by atoms with Crippen LogP contribution in [0.2, 0.25) is 0 Å². The molecule has 1 N–H and O–H groups in total. The molecule has 2 rings (SSSR count). The Bertz CT molecular complexity index is 446. The van der Waals surface area contributed by atoms with Crippen LogP contribution >= 0.6 is 0 Å². The molecule has 0 spiro atoms. The Labute approximate surface area is 114 Å². The molecule has 19 heavy (non-hydrogen) atoms. The van der Waals surface area contributed by atoms with Gasteiger partial charge in [0.1, 0.15) is 0 Å². The largest absolute Gasteiger partial charge is 0.494 e. The van der Waals surface area contributed by atoms with Gasteiger partial charge in [-0.15, -0.1) is 0 Å². The van der Waals surface area contributed by atoms with Crippen LogP contribution in [0.15, 0.2) is 18.2 Å². The number of halogens is 1. The van der Waals surface area contributed by atoms with E-state index in [-0.39, 0.29) is 17.5 Å². The molecule has 0 aliphatic heterocycles. The molecule has 1 fully saturated rings. The second kappa shape index (κ2) is 5.49. The SMILES string of the molecule is COc1ccc(CC2(O)CCCC(C)C2C)cc1F. The van der Waals surface area contributed by atoms with Gasteiger partial charge in [-0.3, -0.25) is 0 Å². The maximum atomic E-state index is 13.7. The van der Waals surface area contributed by atoms with Gasteiger partial charge >= 0.3 is 0 Å². The summed E-state index contributed by atoms with van der Waals surface area (Å²) in [6.07, 6.45) is 3.52. The van der Waals surface area contributed by atoms with E-state index in [2.05, 4.69) is 13.8 Å². The summed E-state index contributed by atoms with van der Waals surface area (Å²) in [6, 6.07) is 4.94. The molecule has 3 heteroatoms. The van der Waals surface area contributed by atoms with Gasteiger partial charge in [-0.05, 0) is 36.0 Å². The second-order valence-electron chi connectivity index (χ2n) is 5.91. The average molecular weight is 266 g/mol. The summed E-state index contributed by atoms with van der Waals surface area (Å²) in [5.74, 6) is 0.647. The van der Waals surface area contributed by atoms with Gasteiger partial charge in [0, 0.05) is 6.42 Å². The van der Waals surface area contributed by atoms with E-state index >= 15 is 0 Å². The van der Waals surface area contributed by atoms with Crippen molar-refractivity contribution < 1.29 is 14.2 Å². The van der Waals surface area contributed by atoms with Crippen molar-refractivity contribution in [2.24, 2.45) is 11.8 Å². The van der Waals surface area contributed by atoms with Crippen LogP contribution in [0.25, 0.3) is 0 Å². The molecule has 106 valence electrons. The average Bonchev–Trinajstić information content (AvgIpc) is 2.36. The van der Waals surface area contributed by atoms with Crippen molar-refractivity contribution in [1.29, 1.82) is 0 Å². The number of benzene rings is 1. The summed E-state index contributed by atoms with van der Waals surface area (Å²) in [6.45, 7) is 4.28. The summed E-state index contributed by atoms with van der Waals surface area (Å²) in [4.78, 5) is 0. The number of methoxy groups -OCH3 is 1. The molecule has 1 saturated carbocycles. The van der Waals surface area contributed by atoms with E-state index in [1.165, 1.54) is 19.6 Å². The normalized spacial score (nSPS) is 31.2. The molecule has 3 atom stereocenters. The number of hydrogen-bond donors (Lipinski definition) is 1. The van der Waals surface area contributed by atoms with E-state index in [4.69, 9.17) is 4.74 Å². The Morgan fingerprint density at radius 2 is 2.16 bits per heavy atom. The number of aliphatic hydroxyl groups is 1. The zero-order valence-corrected chi connectivity index (χ0v) is 11.9. The van der Waals surface area contributed by atoms with Crippen molar-refractivity contribution in [2.45, 2.75) is 45.1 Å². The summed E-state index contributed by atoms with van der Waals surface area (Å²) in [5, 5.41) is 10.8. The van der Waals surface area contributed by atoms with E-state index in [0.29, 0.717) is 12.3 Å². The van der Waals surface area contributed by atoms with E-state index in [1.54, 1.807) is 6.07 Å². The summed E-state index contributed by atoms with van der Waals surface area (Å²) >= 11 is 0. The van der Waals surface area contributed by atoms with Crippen LogP contribution in [-0.4, -0.2) is 17.8 Å². The second-order valence-corrected chi connectivity index (χ2v) is 5.91. The highest BCUT2D eigenvalue weighted by molar-refractivity contribution is 5.30. The van der Waals surface area contributed by atoms with E-state index in [0.717, 1.165) is 18.4 Å². The molecule has 1 aliphatic rings. The fourth-order valence-corrected chi connectivity index (χ4v) is 3.16. The molecule has 2 nitrogen and oxygen atoms in total. The maximum Gasteiger partial charge on any atom is 0.165 e. The van der Waals surface area contributed by atoms with Crippen molar-refractivity contribution in [2.75, 3.05) is 7.11 Å². The molecular formula is C16H23FO2. The fourth-order valence-electron chi connectivity index (χ4n) is 3.16. The van der Waals surface area contributed by atoms with Crippen LogP contribution < -0.4 is 4.74 Å². The molecule has 0 amide bonds. The molecule has 0 radical (unpaired) electrons. The fraction of sp³-hybridized carbons (Fsp3) is 0.625. The van der Waals surface area contributed by atoms with Crippen LogP contribution in [0.1, 0.15) is 38.7 Å². The molecular weight excluding hydrogens is 243 g/mol. The highest BCUT2D eigenvalue weighted by Gasteiger charge is 2.39. The minimum absolute atomic E-state index is 0.242. The molecule has 0 bridgehead atoms. The predicted octanol–water partition coefficient (Wildman–Crippen LogP) is 3.56. The van der Waals surface area contributed by atoms with Gasteiger partial charge in [-0.25, -0.2) is 4.39 Å². The number of rotatable bonds is 3. The van der Waals surface area contributed by atoms with E-state index < -0.39 is 5.60 Å². The Kier molecular flexibility index (Phi) is 4.14. The Hall–Kier alpha value is -1.09. The maximum absolute atomic E-state index is 13.7. The molecule has 0 heterocycles. The summed E-state index contributed by atoms with van der Waals surface area (Å²) in [5.41, 5.74) is 0.125. The zero-order chi connectivity index (χ0) is 14.0. The summed E-state index contributed by atoms with van der Waals surface area (Å²) < 4.78 is 18.6. The van der Waals surface area contributed by atoms with Crippen LogP contribution in [0.5, 0.6) is 5.75 Å². The first kappa shape index (κ1) is 14.3. The smallest absolute Gasteiger partial charge is 0.165 e. The first-order chi connectivity index (χ1) is 8.96. The minimum Gasteiger partial charge on any atom is -0.494 e. The molecule has 1 aromatic rings. The van der Waals surface area contributed by atoms with Gasteiger partial charge in [-0.1, -0.05) is 32.8 Å². The van der Waals surface area contributed by atoms with Crippen molar-refractivity contribution in [3.63, 3.8) is 0 Å². The van der Waals surface area contributed by atoms with Gasteiger partial charge in [0.2, 0.25) is 0 Å². The predicted molar refractivity (Wildman–Crippen MR) is 73.8 cm³/mol. The quantitative estimate of drug-likeness (QED) is 0.906. The first-order valence-corrected chi connectivity index (χ1v) is 7.01. The van der Waals surface area contributed by atoms with Crippen LogP contribution in [0.4, 0.5) is 4.39 Å². The van der Waals surface area contributed by atoms with Crippen molar-refractivity contribution in [3.8, 4) is 5.75 Å². The monoisotopic (exact) mass is 266 g/mol. The van der Waals surface area contributed by atoms with Crippen LogP contribution in [0.3, 0.4) is 0 Å². The Morgan fingerprint density at radius 3 is 2.79 bits per heavy atom. The lowest BCUT2D eigenvalue weighted by molar-refractivity contribution is -0.0621. The van der Waals surface area contributed by atoms with Crippen LogP contribution in [0, 0.1) is 17.7 Å². The molecule has 3 unspecified atom stereocenters. The molecule has 0 saturated heterocycles. The van der Waals surface area contributed by atoms with Gasteiger partial charge in [0.05, 0.1) is 12.7 Å². The number of hydrogen-bond acceptors (Lipinski definition) is 2. The highest BCUT2D eigenvalue weighted by Crippen LogP contribution is 2.39. The molecule has 0 aromatic heterocycles. The van der Waals surface area contributed by atoms with Crippen molar-refractivity contribution in [1.82, 2.24) is 0 Å². The Balaban J connectivity index is 2.17. The molecule has 1 aromatic carbocycles. The first-order valence-electron chi connectivity index (χ1n) is 7.01. The van der Waals surface area contributed by atoms with Gasteiger partial charge in [0.15, 0.2) is 11.6 Å². The summed E-state index contributed by atoms with van der Waals surface area (Å²) in [7, 11) is 1.45. The highest BCUT2D eigenvalue weighted by atomic mass is 19.1. The van der Waals surface area contributed by atoms with Gasteiger partial charge < -0.3 is 9.84 Å². The van der Waals surface area contributed by atoms with Crippen LogP contribution in [-0.2, 0) is 6.42 Å². The van der Waals surface area contributed by atoms with Gasteiger partial charge in [-0.2, -0.15) is 0 Å². The number of ether oxygens (including phenoxy) is 1. The van der Waals surface area contributed by atoms with Crippen molar-refractivity contribution in [3.05, 3.63) is 29.6 Å².